The Morgan fingerprint density at radius 1 is 1.13 bits per heavy atom. The number of rotatable bonds is 3. The molecule has 0 radical (unpaired) electrons. The Kier molecular flexibility index (Phi) is 4.85. The highest BCUT2D eigenvalue weighted by molar-refractivity contribution is 5.96. The third-order valence-corrected chi connectivity index (χ3v) is 6.26. The fourth-order valence-corrected chi connectivity index (χ4v) is 4.70. The number of H-pyrrole nitrogens is 1. The van der Waals surface area contributed by atoms with E-state index in [0.717, 1.165) is 47.6 Å². The molecule has 2 aromatic heterocycles. The second-order valence-electron chi connectivity index (χ2n) is 8.30. The largest absolute Gasteiger partial charge is 0.342 e. The van der Waals surface area contributed by atoms with Crippen LogP contribution >= 0.6 is 0 Å². The number of nitrogens with one attached hydrogen (secondary N) is 1. The van der Waals surface area contributed by atoms with Crippen molar-refractivity contribution in [1.29, 1.82) is 0 Å². The van der Waals surface area contributed by atoms with Crippen molar-refractivity contribution < 1.29 is 9.18 Å². The number of halogens is 1. The summed E-state index contributed by atoms with van der Waals surface area (Å²) in [5.74, 6) is 0.818. The summed E-state index contributed by atoms with van der Waals surface area (Å²) >= 11 is 0. The number of carbonyl (C=O) groups excluding carboxylic acids is 1. The Morgan fingerprint density at radius 3 is 2.71 bits per heavy atom. The number of likely N-dealkylation sites (tertiary alicyclic amines) is 1. The molecule has 1 aliphatic rings. The number of aromatic amines is 1. The molecule has 158 valence electrons. The normalized spacial score (nSPS) is 16.7. The Hall–Kier alpha value is -3.41. The van der Waals surface area contributed by atoms with E-state index in [-0.39, 0.29) is 17.6 Å². The smallest absolute Gasteiger partial charge is 0.255 e. The molecular weight excluding hydrogens is 391 g/mol. The van der Waals surface area contributed by atoms with Crippen molar-refractivity contribution in [2.45, 2.75) is 32.6 Å². The summed E-state index contributed by atoms with van der Waals surface area (Å²) in [6, 6.07) is 16.5. The molecule has 5 nitrogen and oxygen atoms in total. The molecule has 1 aliphatic heterocycles. The minimum Gasteiger partial charge on any atom is -0.342 e. The zero-order chi connectivity index (χ0) is 21.5. The van der Waals surface area contributed by atoms with Gasteiger partial charge in [-0.25, -0.2) is 9.37 Å². The summed E-state index contributed by atoms with van der Waals surface area (Å²) in [5.41, 5.74) is 4.68. The first-order chi connectivity index (χ1) is 15.0. The van der Waals surface area contributed by atoms with Crippen LogP contribution in [0.4, 0.5) is 4.39 Å². The van der Waals surface area contributed by atoms with Crippen LogP contribution in [0.25, 0.3) is 16.7 Å². The van der Waals surface area contributed by atoms with Crippen LogP contribution in [0.1, 0.15) is 46.3 Å². The summed E-state index contributed by atoms with van der Waals surface area (Å²) in [4.78, 5) is 23.5. The second-order valence-corrected chi connectivity index (χ2v) is 8.30. The number of hydrogen-bond acceptors (Lipinski definition) is 2. The highest BCUT2D eigenvalue weighted by Gasteiger charge is 2.29. The molecule has 1 unspecified atom stereocenters. The van der Waals surface area contributed by atoms with Crippen molar-refractivity contribution in [3.8, 4) is 5.69 Å². The maximum absolute atomic E-state index is 14.4. The van der Waals surface area contributed by atoms with Crippen LogP contribution in [-0.4, -0.2) is 38.4 Å². The number of nitrogens with zero attached hydrogens (tertiary/aromatic N) is 3. The first-order valence-electron chi connectivity index (χ1n) is 10.7. The molecule has 0 aliphatic carbocycles. The Bertz CT molecular complexity index is 1240. The minimum absolute atomic E-state index is 0.00324. The number of aromatic nitrogens is 3. The zero-order valence-corrected chi connectivity index (χ0v) is 17.7. The van der Waals surface area contributed by atoms with Crippen molar-refractivity contribution in [2.75, 3.05) is 13.1 Å². The van der Waals surface area contributed by atoms with Crippen LogP contribution in [0.3, 0.4) is 0 Å². The van der Waals surface area contributed by atoms with E-state index in [0.29, 0.717) is 17.8 Å². The van der Waals surface area contributed by atoms with E-state index in [1.54, 1.807) is 18.2 Å². The van der Waals surface area contributed by atoms with Crippen LogP contribution in [-0.2, 0) is 0 Å². The van der Waals surface area contributed by atoms with E-state index in [2.05, 4.69) is 4.98 Å². The zero-order valence-electron chi connectivity index (χ0n) is 17.7. The molecule has 6 heteroatoms. The summed E-state index contributed by atoms with van der Waals surface area (Å²) in [5, 5.41) is 0. The van der Waals surface area contributed by atoms with Crippen molar-refractivity contribution in [1.82, 2.24) is 19.4 Å². The molecule has 4 aromatic rings. The highest BCUT2D eigenvalue weighted by atomic mass is 19.1. The first-order valence-corrected chi connectivity index (χ1v) is 10.7. The second kappa shape index (κ2) is 7.69. The number of fused-ring (bicyclic) bond motifs is 1. The first kappa shape index (κ1) is 19.5. The minimum atomic E-state index is -0.300. The molecule has 0 spiro atoms. The predicted molar refractivity (Wildman–Crippen MR) is 119 cm³/mol. The van der Waals surface area contributed by atoms with Gasteiger partial charge in [-0.1, -0.05) is 24.3 Å². The van der Waals surface area contributed by atoms with Crippen LogP contribution in [0.2, 0.25) is 0 Å². The molecule has 1 fully saturated rings. The number of benzene rings is 2. The third kappa shape index (κ3) is 3.42. The van der Waals surface area contributed by atoms with Gasteiger partial charge in [-0.05, 0) is 57.0 Å². The molecule has 31 heavy (non-hydrogen) atoms. The van der Waals surface area contributed by atoms with E-state index >= 15 is 0 Å². The predicted octanol–water partition coefficient (Wildman–Crippen LogP) is 5.13. The molecule has 2 aromatic carbocycles. The lowest BCUT2D eigenvalue weighted by Crippen LogP contribution is -2.39. The standard InChI is InChI=1S/C25H25FN4O/c1-16-14-19(17(2)30(16)23-12-6-3-9-20(23)26)25(31)29-13-7-8-18(15-29)24-27-21-10-4-5-11-22(21)28-24/h3-6,9-12,14,18H,7-8,13,15H2,1-2H3,(H,27,28). The van der Waals surface area contributed by atoms with Gasteiger partial charge in [-0.2, -0.15) is 0 Å². The number of piperidine rings is 1. The SMILES string of the molecule is Cc1cc(C(=O)N2CCCC(c3nc4ccccc4[nH]3)C2)c(C)n1-c1ccccc1F. The van der Waals surface area contributed by atoms with Crippen LogP contribution in [0.5, 0.6) is 0 Å². The van der Waals surface area contributed by atoms with Gasteiger partial charge >= 0.3 is 0 Å². The molecule has 0 saturated carbocycles. The quantitative estimate of drug-likeness (QED) is 0.503. The van der Waals surface area contributed by atoms with Crippen molar-refractivity contribution >= 4 is 16.9 Å². The Balaban J connectivity index is 1.42. The van der Waals surface area contributed by atoms with E-state index in [1.807, 2.05) is 53.6 Å². The van der Waals surface area contributed by atoms with Gasteiger partial charge in [0.2, 0.25) is 0 Å². The van der Waals surface area contributed by atoms with Gasteiger partial charge in [0.15, 0.2) is 0 Å². The fraction of sp³-hybridized carbons (Fsp3) is 0.280. The number of carbonyl (C=O) groups is 1. The summed E-state index contributed by atoms with van der Waals surface area (Å²) in [6.45, 7) is 5.14. The fourth-order valence-electron chi connectivity index (χ4n) is 4.70. The van der Waals surface area contributed by atoms with Crippen molar-refractivity contribution in [2.24, 2.45) is 0 Å². The molecule has 0 bridgehead atoms. The summed E-state index contributed by atoms with van der Waals surface area (Å²) in [6.07, 6.45) is 1.93. The number of aryl methyl sites for hydroxylation is 1. The number of para-hydroxylation sites is 3. The highest BCUT2D eigenvalue weighted by Crippen LogP contribution is 2.29. The third-order valence-electron chi connectivity index (χ3n) is 6.26. The monoisotopic (exact) mass is 416 g/mol. The van der Waals surface area contributed by atoms with Crippen molar-refractivity contribution in [3.05, 3.63) is 83.2 Å². The lowest BCUT2D eigenvalue weighted by atomic mass is 9.96. The average molecular weight is 417 g/mol. The van der Waals surface area contributed by atoms with Gasteiger partial charge in [-0.3, -0.25) is 4.79 Å². The lowest BCUT2D eigenvalue weighted by molar-refractivity contribution is 0.0704. The van der Waals surface area contributed by atoms with Crippen LogP contribution in [0.15, 0.2) is 54.6 Å². The number of imidazole rings is 1. The van der Waals surface area contributed by atoms with Gasteiger partial charge in [0.1, 0.15) is 11.6 Å². The molecule has 1 atom stereocenters. The molecule has 1 amide bonds. The van der Waals surface area contributed by atoms with Crippen LogP contribution in [0, 0.1) is 19.7 Å². The Morgan fingerprint density at radius 2 is 1.90 bits per heavy atom. The molecule has 1 N–H and O–H groups in total. The van der Waals surface area contributed by atoms with E-state index in [1.165, 1.54) is 6.07 Å². The van der Waals surface area contributed by atoms with Gasteiger partial charge in [0.25, 0.3) is 5.91 Å². The van der Waals surface area contributed by atoms with Gasteiger partial charge in [0.05, 0.1) is 22.3 Å². The van der Waals surface area contributed by atoms with Crippen molar-refractivity contribution in [3.63, 3.8) is 0 Å². The van der Waals surface area contributed by atoms with Gasteiger partial charge in [-0.15, -0.1) is 0 Å². The maximum Gasteiger partial charge on any atom is 0.255 e. The molecule has 5 rings (SSSR count). The van der Waals surface area contributed by atoms with Crippen LogP contribution < -0.4 is 0 Å². The molecule has 3 heterocycles. The lowest BCUT2D eigenvalue weighted by Gasteiger charge is -2.32. The number of amides is 1. The Labute approximate surface area is 180 Å². The maximum atomic E-state index is 14.4. The average Bonchev–Trinajstić information content (AvgIpc) is 3.35. The summed E-state index contributed by atoms with van der Waals surface area (Å²) in [7, 11) is 0. The number of hydrogen-bond donors (Lipinski definition) is 1. The molecular formula is C25H25FN4O. The van der Waals surface area contributed by atoms with E-state index < -0.39 is 0 Å². The van der Waals surface area contributed by atoms with Gasteiger partial charge < -0.3 is 14.5 Å². The van der Waals surface area contributed by atoms with E-state index in [4.69, 9.17) is 4.98 Å². The van der Waals surface area contributed by atoms with E-state index in [9.17, 15) is 9.18 Å². The topological polar surface area (TPSA) is 53.9 Å². The van der Waals surface area contributed by atoms with Gasteiger partial charge in [0, 0.05) is 30.4 Å². The molecule has 1 saturated heterocycles. The summed E-state index contributed by atoms with van der Waals surface area (Å²) < 4.78 is 16.2.